The summed E-state index contributed by atoms with van der Waals surface area (Å²) in [6.45, 7) is 9.50. The number of halogens is 1. The van der Waals surface area contributed by atoms with Gasteiger partial charge in [-0.25, -0.2) is 12.8 Å². The Bertz CT molecular complexity index is 942. The molecule has 2 aromatic carbocycles. The zero-order chi connectivity index (χ0) is 20.0. The second-order valence-electron chi connectivity index (χ2n) is 7.75. The second-order valence-corrected chi connectivity index (χ2v) is 9.43. The lowest BCUT2D eigenvalue weighted by molar-refractivity contribution is 0.00578. The fraction of sp³-hybridized carbons (Fsp3) is 0.368. The molecule has 144 valence electrons. The van der Waals surface area contributed by atoms with Crippen LogP contribution >= 0.6 is 0 Å². The topological polar surface area (TPSA) is 64.6 Å². The van der Waals surface area contributed by atoms with Gasteiger partial charge >= 0.3 is 7.12 Å². The lowest BCUT2D eigenvalue weighted by Crippen LogP contribution is -2.41. The van der Waals surface area contributed by atoms with Crippen LogP contribution in [0.25, 0.3) is 0 Å². The Morgan fingerprint density at radius 2 is 1.52 bits per heavy atom. The van der Waals surface area contributed by atoms with Crippen LogP contribution in [-0.2, 0) is 19.3 Å². The Labute approximate surface area is 160 Å². The average Bonchev–Trinajstić information content (AvgIpc) is 2.77. The van der Waals surface area contributed by atoms with Crippen LogP contribution in [0.4, 0.5) is 10.1 Å². The van der Waals surface area contributed by atoms with Crippen LogP contribution < -0.4 is 10.2 Å². The summed E-state index contributed by atoms with van der Waals surface area (Å²) in [6.07, 6.45) is 0. The second kappa shape index (κ2) is 6.62. The molecule has 3 rings (SSSR count). The summed E-state index contributed by atoms with van der Waals surface area (Å²) in [5, 5.41) is 0. The minimum atomic E-state index is -3.87. The summed E-state index contributed by atoms with van der Waals surface area (Å²) >= 11 is 0. The van der Waals surface area contributed by atoms with Gasteiger partial charge in [0.25, 0.3) is 10.0 Å². The third-order valence-corrected chi connectivity index (χ3v) is 6.48. The first kappa shape index (κ1) is 19.9. The fourth-order valence-corrected chi connectivity index (χ4v) is 3.73. The SMILES string of the molecule is Cc1ccc(S(=O)(=O)Nc2ccc(B3OC(C)(C)C(C)(C)O3)cc2F)cc1. The van der Waals surface area contributed by atoms with Crippen molar-refractivity contribution < 1.29 is 22.1 Å². The summed E-state index contributed by atoms with van der Waals surface area (Å²) in [5.41, 5.74) is 0.215. The van der Waals surface area contributed by atoms with E-state index in [-0.39, 0.29) is 10.6 Å². The first-order valence-corrected chi connectivity index (χ1v) is 10.1. The molecule has 0 unspecified atom stereocenters. The molecule has 1 fully saturated rings. The van der Waals surface area contributed by atoms with E-state index in [4.69, 9.17) is 9.31 Å². The zero-order valence-electron chi connectivity index (χ0n) is 16.0. The Morgan fingerprint density at radius 3 is 2.04 bits per heavy atom. The van der Waals surface area contributed by atoms with Crippen molar-refractivity contribution in [2.24, 2.45) is 0 Å². The Balaban J connectivity index is 1.83. The van der Waals surface area contributed by atoms with Crippen LogP contribution in [0.15, 0.2) is 47.4 Å². The summed E-state index contributed by atoms with van der Waals surface area (Å²) in [5.74, 6) is -0.696. The molecule has 0 radical (unpaired) electrons. The van der Waals surface area contributed by atoms with Crippen molar-refractivity contribution in [2.75, 3.05) is 4.72 Å². The molecule has 0 saturated carbocycles. The highest BCUT2D eigenvalue weighted by atomic mass is 32.2. The van der Waals surface area contributed by atoms with Gasteiger partial charge in [0.1, 0.15) is 5.82 Å². The van der Waals surface area contributed by atoms with E-state index in [2.05, 4.69) is 4.72 Å². The van der Waals surface area contributed by atoms with Gasteiger partial charge in [0, 0.05) is 0 Å². The molecule has 1 aliphatic rings. The Hall–Kier alpha value is -1.90. The molecule has 8 heteroatoms. The number of rotatable bonds is 4. The normalized spacial score (nSPS) is 18.5. The quantitative estimate of drug-likeness (QED) is 0.813. The van der Waals surface area contributed by atoms with E-state index in [1.54, 1.807) is 18.2 Å². The van der Waals surface area contributed by atoms with Crippen LogP contribution in [0, 0.1) is 12.7 Å². The largest absolute Gasteiger partial charge is 0.494 e. The van der Waals surface area contributed by atoms with Crippen molar-refractivity contribution in [1.29, 1.82) is 0 Å². The fourth-order valence-electron chi connectivity index (χ4n) is 2.66. The molecule has 0 atom stereocenters. The third kappa shape index (κ3) is 3.88. The van der Waals surface area contributed by atoms with Gasteiger partial charge in [-0.05, 0) is 64.3 Å². The number of anilines is 1. The van der Waals surface area contributed by atoms with Crippen LogP contribution in [-0.4, -0.2) is 26.7 Å². The van der Waals surface area contributed by atoms with Crippen LogP contribution in [0.5, 0.6) is 0 Å². The monoisotopic (exact) mass is 391 g/mol. The molecule has 0 spiro atoms. The van der Waals surface area contributed by atoms with Crippen LogP contribution in [0.3, 0.4) is 0 Å². The smallest absolute Gasteiger partial charge is 0.399 e. The van der Waals surface area contributed by atoms with E-state index in [9.17, 15) is 12.8 Å². The standard InChI is InChI=1S/C19H23BFNO4S/c1-13-6-9-15(10-7-13)27(23,24)22-17-11-8-14(12-16(17)21)20-25-18(2,3)19(4,5)26-20/h6-12,22H,1-5H3. The Morgan fingerprint density at radius 1 is 0.963 bits per heavy atom. The summed E-state index contributed by atoms with van der Waals surface area (Å²) in [7, 11) is -4.59. The molecule has 0 bridgehead atoms. The molecule has 0 aliphatic carbocycles. The number of aryl methyl sites for hydroxylation is 1. The van der Waals surface area contributed by atoms with E-state index in [0.29, 0.717) is 5.46 Å². The van der Waals surface area contributed by atoms with Crippen molar-refractivity contribution in [3.8, 4) is 0 Å². The van der Waals surface area contributed by atoms with Crippen molar-refractivity contribution in [2.45, 2.75) is 50.7 Å². The van der Waals surface area contributed by atoms with Gasteiger partial charge in [0.2, 0.25) is 0 Å². The average molecular weight is 391 g/mol. The molecule has 27 heavy (non-hydrogen) atoms. The molecule has 1 saturated heterocycles. The molecule has 1 heterocycles. The van der Waals surface area contributed by atoms with E-state index < -0.39 is 34.2 Å². The van der Waals surface area contributed by atoms with Gasteiger partial charge in [-0.3, -0.25) is 4.72 Å². The number of hydrogen-bond donors (Lipinski definition) is 1. The molecule has 0 aromatic heterocycles. The van der Waals surface area contributed by atoms with E-state index in [1.165, 1.54) is 24.3 Å². The lowest BCUT2D eigenvalue weighted by Gasteiger charge is -2.32. The van der Waals surface area contributed by atoms with Crippen LogP contribution in [0.2, 0.25) is 0 Å². The highest BCUT2D eigenvalue weighted by Crippen LogP contribution is 2.36. The van der Waals surface area contributed by atoms with Crippen LogP contribution in [0.1, 0.15) is 33.3 Å². The summed E-state index contributed by atoms with van der Waals surface area (Å²) < 4.78 is 53.5. The first-order chi connectivity index (χ1) is 12.4. The van der Waals surface area contributed by atoms with E-state index in [0.717, 1.165) is 5.56 Å². The van der Waals surface area contributed by atoms with Gasteiger partial charge in [-0.15, -0.1) is 0 Å². The summed E-state index contributed by atoms with van der Waals surface area (Å²) in [6, 6.07) is 10.5. The maximum atomic E-state index is 14.6. The zero-order valence-corrected chi connectivity index (χ0v) is 16.9. The lowest BCUT2D eigenvalue weighted by atomic mass is 9.79. The number of hydrogen-bond acceptors (Lipinski definition) is 4. The van der Waals surface area contributed by atoms with Gasteiger partial charge in [-0.1, -0.05) is 23.8 Å². The highest BCUT2D eigenvalue weighted by molar-refractivity contribution is 7.92. The molecular weight excluding hydrogens is 368 g/mol. The molecule has 5 nitrogen and oxygen atoms in total. The van der Waals surface area contributed by atoms with E-state index >= 15 is 0 Å². The van der Waals surface area contributed by atoms with Gasteiger partial charge in [0.15, 0.2) is 0 Å². The van der Waals surface area contributed by atoms with Gasteiger partial charge in [-0.2, -0.15) is 0 Å². The summed E-state index contributed by atoms with van der Waals surface area (Å²) in [4.78, 5) is 0.0718. The minimum absolute atomic E-state index is 0.0718. The van der Waals surface area contributed by atoms with Gasteiger partial charge in [0.05, 0.1) is 21.8 Å². The minimum Gasteiger partial charge on any atom is -0.399 e. The molecule has 1 N–H and O–H groups in total. The van der Waals surface area contributed by atoms with E-state index in [1.807, 2.05) is 34.6 Å². The third-order valence-electron chi connectivity index (χ3n) is 5.09. The van der Waals surface area contributed by atoms with Gasteiger partial charge < -0.3 is 9.31 Å². The van der Waals surface area contributed by atoms with Crippen molar-refractivity contribution >= 4 is 28.3 Å². The van der Waals surface area contributed by atoms with Crippen molar-refractivity contribution in [1.82, 2.24) is 0 Å². The van der Waals surface area contributed by atoms with Crippen molar-refractivity contribution in [3.63, 3.8) is 0 Å². The molecular formula is C19H23BFNO4S. The molecule has 2 aromatic rings. The molecule has 1 aliphatic heterocycles. The predicted octanol–water partition coefficient (Wildman–Crippen LogP) is 3.23. The highest BCUT2D eigenvalue weighted by Gasteiger charge is 2.51. The Kier molecular flexibility index (Phi) is 4.86. The maximum Gasteiger partial charge on any atom is 0.494 e. The molecule has 0 amide bonds. The predicted molar refractivity (Wildman–Crippen MR) is 104 cm³/mol. The maximum absolute atomic E-state index is 14.6. The first-order valence-electron chi connectivity index (χ1n) is 8.66. The number of nitrogens with one attached hydrogen (secondary N) is 1. The van der Waals surface area contributed by atoms with Crippen molar-refractivity contribution in [3.05, 3.63) is 53.8 Å². The number of sulfonamides is 1. The number of benzene rings is 2.